The summed E-state index contributed by atoms with van der Waals surface area (Å²) in [5.74, 6) is -1.02. The first-order valence-electron chi connectivity index (χ1n) is 4.42. The van der Waals surface area contributed by atoms with Gasteiger partial charge in [-0.25, -0.2) is 0 Å². The molecule has 1 aliphatic rings. The van der Waals surface area contributed by atoms with Crippen molar-refractivity contribution in [2.24, 2.45) is 5.92 Å². The first kappa shape index (κ1) is 8.99. The van der Waals surface area contributed by atoms with Gasteiger partial charge < -0.3 is 9.52 Å². The number of aliphatic carboxylic acids is 1. The molecule has 1 N–H and O–H groups in total. The van der Waals surface area contributed by atoms with Gasteiger partial charge in [-0.3, -0.25) is 9.59 Å². The van der Waals surface area contributed by atoms with Crippen LogP contribution in [0.15, 0.2) is 10.7 Å². The van der Waals surface area contributed by atoms with Crippen molar-refractivity contribution in [1.82, 2.24) is 0 Å². The van der Waals surface area contributed by atoms with Gasteiger partial charge in [0.1, 0.15) is 0 Å². The number of carbonyl (C=O) groups excluding carboxylic acids is 1. The Kier molecular flexibility index (Phi) is 1.91. The molecule has 0 spiro atoms. The van der Waals surface area contributed by atoms with Crippen molar-refractivity contribution in [3.8, 4) is 0 Å². The molecular weight excluding hydrogens is 184 g/mol. The van der Waals surface area contributed by atoms with Crippen LogP contribution in [-0.4, -0.2) is 16.9 Å². The smallest absolute Gasteiger partial charge is 0.307 e. The number of furan rings is 1. The van der Waals surface area contributed by atoms with Crippen LogP contribution in [0, 0.1) is 5.92 Å². The number of hydrogen-bond donors (Lipinski definition) is 1. The summed E-state index contributed by atoms with van der Waals surface area (Å²) in [6.07, 6.45) is 2.38. The van der Waals surface area contributed by atoms with Crippen LogP contribution < -0.4 is 0 Å². The second kappa shape index (κ2) is 2.97. The summed E-state index contributed by atoms with van der Waals surface area (Å²) in [4.78, 5) is 21.8. The van der Waals surface area contributed by atoms with Gasteiger partial charge in [-0.05, 0) is 18.4 Å². The number of hydrogen-bond acceptors (Lipinski definition) is 3. The van der Waals surface area contributed by atoms with Crippen molar-refractivity contribution in [3.05, 3.63) is 23.2 Å². The lowest BCUT2D eigenvalue weighted by atomic mass is 10.1. The first-order chi connectivity index (χ1) is 6.59. The molecule has 0 radical (unpaired) electrons. The Labute approximate surface area is 80.5 Å². The summed E-state index contributed by atoms with van der Waals surface area (Å²) in [6.45, 7) is 1.42. The minimum absolute atomic E-state index is 0.141. The lowest BCUT2D eigenvalue weighted by Gasteiger charge is -2.00. The molecule has 0 saturated heterocycles. The zero-order valence-corrected chi connectivity index (χ0v) is 7.74. The highest BCUT2D eigenvalue weighted by atomic mass is 16.4. The SMILES string of the molecule is CC(=O)c1occ2c1CC(C(=O)O)C2. The van der Waals surface area contributed by atoms with Crippen LogP contribution in [0.4, 0.5) is 0 Å². The maximum absolute atomic E-state index is 11.1. The third-order valence-electron chi connectivity index (χ3n) is 2.57. The molecule has 0 aliphatic heterocycles. The van der Waals surface area contributed by atoms with Crippen molar-refractivity contribution in [3.63, 3.8) is 0 Å². The molecule has 1 heterocycles. The Balaban J connectivity index is 2.32. The lowest BCUT2D eigenvalue weighted by molar-refractivity contribution is -0.141. The van der Waals surface area contributed by atoms with Crippen LogP contribution in [0.25, 0.3) is 0 Å². The van der Waals surface area contributed by atoms with Crippen LogP contribution in [0.1, 0.15) is 28.6 Å². The van der Waals surface area contributed by atoms with Gasteiger partial charge in [-0.1, -0.05) is 0 Å². The fraction of sp³-hybridized carbons (Fsp3) is 0.400. The molecule has 2 rings (SSSR count). The highest BCUT2D eigenvalue weighted by Crippen LogP contribution is 2.31. The van der Waals surface area contributed by atoms with E-state index in [4.69, 9.17) is 9.52 Å². The number of ketones is 1. The van der Waals surface area contributed by atoms with Gasteiger partial charge in [0, 0.05) is 12.5 Å². The van der Waals surface area contributed by atoms with E-state index in [2.05, 4.69) is 0 Å². The molecular formula is C10H10O4. The predicted octanol–water partition coefficient (Wildman–Crippen LogP) is 1.28. The molecule has 0 fully saturated rings. The van der Waals surface area contributed by atoms with Crippen molar-refractivity contribution in [1.29, 1.82) is 0 Å². The molecule has 1 aromatic rings. The van der Waals surface area contributed by atoms with Crippen LogP contribution >= 0.6 is 0 Å². The Hall–Kier alpha value is -1.58. The van der Waals surface area contributed by atoms with E-state index < -0.39 is 11.9 Å². The largest absolute Gasteiger partial charge is 0.481 e. The zero-order valence-electron chi connectivity index (χ0n) is 7.74. The van der Waals surface area contributed by atoms with Crippen LogP contribution in [-0.2, 0) is 17.6 Å². The average molecular weight is 194 g/mol. The maximum atomic E-state index is 11.1. The minimum atomic E-state index is -0.810. The van der Waals surface area contributed by atoms with E-state index in [9.17, 15) is 9.59 Å². The summed E-state index contributed by atoms with van der Waals surface area (Å²) >= 11 is 0. The van der Waals surface area contributed by atoms with Crippen molar-refractivity contribution < 1.29 is 19.1 Å². The number of Topliss-reactive ketones (excluding diaryl/α,β-unsaturated/α-hetero) is 1. The summed E-state index contributed by atoms with van der Waals surface area (Å²) in [7, 11) is 0. The van der Waals surface area contributed by atoms with E-state index >= 15 is 0 Å². The molecule has 4 heteroatoms. The Morgan fingerprint density at radius 2 is 2.21 bits per heavy atom. The summed E-state index contributed by atoms with van der Waals surface area (Å²) in [5.41, 5.74) is 1.65. The van der Waals surface area contributed by atoms with Crippen molar-refractivity contribution in [2.45, 2.75) is 19.8 Å². The van der Waals surface area contributed by atoms with E-state index in [0.29, 0.717) is 18.6 Å². The lowest BCUT2D eigenvalue weighted by Crippen LogP contribution is -2.13. The van der Waals surface area contributed by atoms with Crippen LogP contribution in [0.3, 0.4) is 0 Å². The second-order valence-corrected chi connectivity index (χ2v) is 3.57. The molecule has 1 atom stereocenters. The highest BCUT2D eigenvalue weighted by Gasteiger charge is 2.32. The van der Waals surface area contributed by atoms with Crippen molar-refractivity contribution in [2.75, 3.05) is 0 Å². The molecule has 1 aromatic heterocycles. The fourth-order valence-corrected chi connectivity index (χ4v) is 1.87. The minimum Gasteiger partial charge on any atom is -0.481 e. The first-order valence-corrected chi connectivity index (χ1v) is 4.42. The zero-order chi connectivity index (χ0) is 10.3. The summed E-state index contributed by atoms with van der Waals surface area (Å²) in [6, 6.07) is 0. The van der Waals surface area contributed by atoms with Gasteiger partial charge in [0.2, 0.25) is 0 Å². The quantitative estimate of drug-likeness (QED) is 0.720. The van der Waals surface area contributed by atoms with Gasteiger partial charge in [-0.2, -0.15) is 0 Å². The van der Waals surface area contributed by atoms with Gasteiger partial charge in [0.15, 0.2) is 11.5 Å². The van der Waals surface area contributed by atoms with Gasteiger partial charge in [0.05, 0.1) is 12.2 Å². The van der Waals surface area contributed by atoms with Crippen LogP contribution in [0.5, 0.6) is 0 Å². The molecule has 0 bridgehead atoms. The number of rotatable bonds is 2. The number of carbonyl (C=O) groups is 2. The molecule has 14 heavy (non-hydrogen) atoms. The summed E-state index contributed by atoms with van der Waals surface area (Å²) < 4.78 is 5.08. The van der Waals surface area contributed by atoms with Gasteiger partial charge in [0.25, 0.3) is 0 Å². The molecule has 74 valence electrons. The van der Waals surface area contributed by atoms with E-state index in [0.717, 1.165) is 11.1 Å². The van der Waals surface area contributed by atoms with E-state index in [-0.39, 0.29) is 5.78 Å². The summed E-state index contributed by atoms with van der Waals surface area (Å²) in [5, 5.41) is 8.82. The van der Waals surface area contributed by atoms with Crippen LogP contribution in [0.2, 0.25) is 0 Å². The van der Waals surface area contributed by atoms with Gasteiger partial charge in [-0.15, -0.1) is 0 Å². The molecule has 0 saturated carbocycles. The highest BCUT2D eigenvalue weighted by molar-refractivity contribution is 5.93. The molecule has 0 amide bonds. The number of carboxylic acids is 1. The monoisotopic (exact) mass is 194 g/mol. The maximum Gasteiger partial charge on any atom is 0.307 e. The van der Waals surface area contributed by atoms with E-state index in [1.165, 1.54) is 13.2 Å². The Bertz CT molecular complexity index is 402. The normalized spacial score (nSPS) is 19.4. The third-order valence-corrected chi connectivity index (χ3v) is 2.57. The third kappa shape index (κ3) is 1.23. The Morgan fingerprint density at radius 1 is 1.50 bits per heavy atom. The Morgan fingerprint density at radius 3 is 2.79 bits per heavy atom. The molecule has 0 aromatic carbocycles. The number of carboxylic acid groups (broad SMARTS) is 1. The standard InChI is InChI=1S/C10H10O4/c1-5(11)9-8-3-6(10(12)13)2-7(8)4-14-9/h4,6H,2-3H2,1H3,(H,12,13). The molecule has 4 nitrogen and oxygen atoms in total. The topological polar surface area (TPSA) is 67.5 Å². The van der Waals surface area contributed by atoms with E-state index in [1.54, 1.807) is 0 Å². The van der Waals surface area contributed by atoms with E-state index in [1.807, 2.05) is 0 Å². The molecule has 1 unspecified atom stereocenters. The van der Waals surface area contributed by atoms with Crippen molar-refractivity contribution >= 4 is 11.8 Å². The molecule has 1 aliphatic carbocycles. The predicted molar refractivity (Wildman–Crippen MR) is 47.2 cm³/mol. The number of fused-ring (bicyclic) bond motifs is 1. The second-order valence-electron chi connectivity index (χ2n) is 3.57. The fourth-order valence-electron chi connectivity index (χ4n) is 1.87. The average Bonchev–Trinajstić information content (AvgIpc) is 2.58. The van der Waals surface area contributed by atoms with Gasteiger partial charge >= 0.3 is 5.97 Å².